The molecule has 41 heavy (non-hydrogen) atoms. The smallest absolute Gasteiger partial charge is 0.491 e. The molecule has 0 spiro atoms. The second kappa shape index (κ2) is 9.42. The van der Waals surface area contributed by atoms with E-state index in [9.17, 15) is 0 Å². The van der Waals surface area contributed by atoms with E-state index in [1.54, 1.807) is 0 Å². The normalized spacial score (nSPS) is 39.0. The molecule has 10 nitrogen and oxygen atoms in total. The summed E-state index contributed by atoms with van der Waals surface area (Å²) in [4.78, 5) is 0. The molecule has 0 saturated carbocycles. The highest BCUT2D eigenvalue weighted by Gasteiger charge is 2.67. The van der Waals surface area contributed by atoms with Gasteiger partial charge in [-0.1, -0.05) is 38.1 Å². The first-order chi connectivity index (χ1) is 19.9. The number of rotatable bonds is 8. The van der Waals surface area contributed by atoms with Crippen LogP contribution < -0.4 is 9.47 Å². The zero-order valence-corrected chi connectivity index (χ0v) is 24.1. The number of benzene rings is 2. The SMILES string of the molecule is CC(C)(c1ccc(OC[C@@H]2C[N+]34CCO[B-]3(OCC4)O2)cc1)c1ccc(OC[C@H]2C[N+]34CCO[B-]3(OCC4)O2)cc1. The van der Waals surface area contributed by atoms with Crippen LogP contribution in [0.4, 0.5) is 0 Å². The molecular formula is C29H40B2N2O8. The Labute approximate surface area is 241 Å². The van der Waals surface area contributed by atoms with Gasteiger partial charge < -0.3 is 46.2 Å². The average molecular weight is 566 g/mol. The van der Waals surface area contributed by atoms with Crippen LogP contribution in [0.2, 0.25) is 0 Å². The molecule has 220 valence electrons. The fraction of sp³-hybridized carbons (Fsp3) is 0.586. The maximum atomic E-state index is 6.27. The van der Waals surface area contributed by atoms with Crippen LogP contribution in [0.1, 0.15) is 25.0 Å². The molecule has 0 bridgehead atoms. The third kappa shape index (κ3) is 4.03. The lowest BCUT2D eigenvalue weighted by Gasteiger charge is -2.37. The highest BCUT2D eigenvalue weighted by Crippen LogP contribution is 2.43. The minimum absolute atomic E-state index is 0.0204. The van der Waals surface area contributed by atoms with Crippen LogP contribution in [0.15, 0.2) is 48.5 Å². The average Bonchev–Trinajstić information content (AvgIpc) is 3.73. The number of nitrogens with zero attached hydrogens (tertiary/aromatic N) is 2. The van der Waals surface area contributed by atoms with Gasteiger partial charge in [0.05, 0.1) is 65.7 Å². The molecule has 2 aromatic carbocycles. The number of hydrogen-bond acceptors (Lipinski definition) is 8. The fourth-order valence-corrected chi connectivity index (χ4v) is 8.21. The lowest BCUT2D eigenvalue weighted by atomic mass is 9.78. The van der Waals surface area contributed by atoms with E-state index in [2.05, 4.69) is 38.1 Å². The van der Waals surface area contributed by atoms with Crippen molar-refractivity contribution in [3.8, 4) is 11.5 Å². The Kier molecular flexibility index (Phi) is 6.09. The summed E-state index contributed by atoms with van der Waals surface area (Å²) in [6.07, 6.45) is -0.0407. The van der Waals surface area contributed by atoms with Crippen molar-refractivity contribution < 1.29 is 46.2 Å². The van der Waals surface area contributed by atoms with Crippen molar-refractivity contribution in [3.63, 3.8) is 0 Å². The van der Waals surface area contributed by atoms with E-state index in [0.29, 0.717) is 39.6 Å². The second-order valence-electron chi connectivity index (χ2n) is 13.2. The van der Waals surface area contributed by atoms with Crippen LogP contribution in [0.3, 0.4) is 0 Å². The molecule has 6 aliphatic heterocycles. The van der Waals surface area contributed by atoms with Gasteiger partial charge in [0, 0.05) is 5.41 Å². The maximum Gasteiger partial charge on any atom is 0.625 e. The molecule has 2 atom stereocenters. The predicted octanol–water partition coefficient (Wildman–Crippen LogP) is 2.19. The van der Waals surface area contributed by atoms with Crippen LogP contribution in [-0.4, -0.2) is 114 Å². The molecule has 0 amide bonds. The van der Waals surface area contributed by atoms with Gasteiger partial charge in [-0.15, -0.1) is 0 Å². The predicted molar refractivity (Wildman–Crippen MR) is 151 cm³/mol. The van der Waals surface area contributed by atoms with Crippen molar-refractivity contribution in [2.45, 2.75) is 31.5 Å². The standard InChI is InChI=1S/C29H40B2N2O8/c1-29(2,23-3-7-25(8-4-23)34-21-27-19-32-11-15-36-30(32,40-27)37-16-12-32)24-5-9-26(10-6-24)35-22-28-20-33-13-17-38-31(33,41-28)39-18-14-33/h3-10,27-28H,11-22H2,1-2H3/t27-,28+,30?,31?,32?,33?. The van der Waals surface area contributed by atoms with Crippen LogP contribution in [0, 0.1) is 0 Å². The van der Waals surface area contributed by atoms with Gasteiger partial charge in [0.25, 0.3) is 0 Å². The summed E-state index contributed by atoms with van der Waals surface area (Å²) in [6, 6.07) is 16.8. The van der Waals surface area contributed by atoms with E-state index in [4.69, 9.17) is 37.4 Å². The Balaban J connectivity index is 0.858. The van der Waals surface area contributed by atoms with Crippen LogP contribution in [-0.2, 0) is 33.3 Å². The molecule has 0 unspecified atom stereocenters. The monoisotopic (exact) mass is 566 g/mol. The summed E-state index contributed by atoms with van der Waals surface area (Å²) in [6.45, 7) is 10.7. The molecule has 6 heterocycles. The summed E-state index contributed by atoms with van der Waals surface area (Å²) < 4.78 is 50.2. The lowest BCUT2D eigenvalue weighted by molar-refractivity contribution is -0.816. The van der Waals surface area contributed by atoms with Gasteiger partial charge in [-0.05, 0) is 35.4 Å². The molecule has 0 N–H and O–H groups in total. The topological polar surface area (TPSA) is 73.8 Å². The molecule has 0 radical (unpaired) electrons. The molecule has 2 aromatic rings. The second-order valence-corrected chi connectivity index (χ2v) is 13.2. The number of hydrogen-bond donors (Lipinski definition) is 0. The van der Waals surface area contributed by atoms with Crippen LogP contribution in [0.5, 0.6) is 11.5 Å². The van der Waals surface area contributed by atoms with Gasteiger partial charge in [-0.25, -0.2) is 0 Å². The molecule has 6 aliphatic rings. The van der Waals surface area contributed by atoms with Crippen molar-refractivity contribution in [3.05, 3.63) is 59.7 Å². The molecule has 8 rings (SSSR count). The summed E-state index contributed by atoms with van der Waals surface area (Å²) in [7, 11) is 0. The Bertz CT molecular complexity index is 1140. The summed E-state index contributed by atoms with van der Waals surface area (Å²) in [5.41, 5.74) is 2.26. The van der Waals surface area contributed by atoms with Crippen LogP contribution in [0.25, 0.3) is 0 Å². The van der Waals surface area contributed by atoms with Crippen molar-refractivity contribution in [1.29, 1.82) is 0 Å². The lowest BCUT2D eigenvalue weighted by Crippen LogP contribution is -2.59. The van der Waals surface area contributed by atoms with E-state index >= 15 is 0 Å². The quantitative estimate of drug-likeness (QED) is 0.451. The van der Waals surface area contributed by atoms with Crippen molar-refractivity contribution in [2.75, 3.05) is 78.9 Å². The van der Waals surface area contributed by atoms with E-state index in [1.165, 1.54) is 11.1 Å². The van der Waals surface area contributed by atoms with Gasteiger partial charge in [0.2, 0.25) is 0 Å². The van der Waals surface area contributed by atoms with Gasteiger partial charge in [-0.2, -0.15) is 0 Å². The van der Waals surface area contributed by atoms with E-state index < -0.39 is 13.8 Å². The zero-order chi connectivity index (χ0) is 27.8. The largest absolute Gasteiger partial charge is 0.625 e. The summed E-state index contributed by atoms with van der Waals surface area (Å²) in [5.74, 6) is 1.68. The maximum absolute atomic E-state index is 6.27. The summed E-state index contributed by atoms with van der Waals surface area (Å²) in [5, 5.41) is 0. The number of ether oxygens (including phenoxy) is 2. The van der Waals surface area contributed by atoms with Gasteiger partial charge >= 0.3 is 13.8 Å². The number of quaternary nitrogens is 2. The van der Waals surface area contributed by atoms with Crippen molar-refractivity contribution in [2.24, 2.45) is 0 Å². The molecule has 0 aromatic heterocycles. The van der Waals surface area contributed by atoms with Gasteiger partial charge in [-0.3, -0.25) is 0 Å². The van der Waals surface area contributed by atoms with E-state index in [0.717, 1.165) is 59.6 Å². The molecule has 12 heteroatoms. The molecule has 0 aliphatic carbocycles. The summed E-state index contributed by atoms with van der Waals surface area (Å²) >= 11 is 0. The molecule has 6 saturated heterocycles. The third-order valence-corrected chi connectivity index (χ3v) is 10.7. The van der Waals surface area contributed by atoms with Crippen molar-refractivity contribution >= 4 is 13.8 Å². The third-order valence-electron chi connectivity index (χ3n) is 10.7. The minimum atomic E-state index is -1.64. The Morgan fingerprint density at radius 3 is 1.34 bits per heavy atom. The van der Waals surface area contributed by atoms with Crippen molar-refractivity contribution in [1.82, 2.24) is 0 Å². The first kappa shape index (κ1) is 26.5. The fourth-order valence-electron chi connectivity index (χ4n) is 8.21. The van der Waals surface area contributed by atoms with Gasteiger partial charge in [0.15, 0.2) is 0 Å². The highest BCUT2D eigenvalue weighted by molar-refractivity contribution is 6.54. The minimum Gasteiger partial charge on any atom is -0.491 e. The zero-order valence-electron chi connectivity index (χ0n) is 24.1. The van der Waals surface area contributed by atoms with Gasteiger partial charge in [0.1, 0.15) is 36.9 Å². The van der Waals surface area contributed by atoms with Crippen LogP contribution >= 0.6 is 0 Å². The Morgan fingerprint density at radius 1 is 0.634 bits per heavy atom. The van der Waals surface area contributed by atoms with E-state index in [-0.39, 0.29) is 17.6 Å². The Morgan fingerprint density at radius 2 is 1.00 bits per heavy atom. The molecule has 6 fully saturated rings. The Hall–Kier alpha value is -2.15. The first-order valence-corrected chi connectivity index (χ1v) is 15.2. The van der Waals surface area contributed by atoms with E-state index in [1.807, 2.05) is 24.3 Å². The highest BCUT2D eigenvalue weighted by atomic mass is 16.8. The first-order valence-electron chi connectivity index (χ1n) is 15.2. The molecular weight excluding hydrogens is 526 g/mol.